The van der Waals surface area contributed by atoms with Crippen LogP contribution in [0.1, 0.15) is 31.6 Å². The first-order valence-electron chi connectivity index (χ1n) is 6.11. The molecule has 0 spiro atoms. The van der Waals surface area contributed by atoms with Crippen molar-refractivity contribution in [2.45, 2.75) is 38.1 Å². The predicted octanol–water partition coefficient (Wildman–Crippen LogP) is 1.59. The number of anilines is 1. The number of aliphatic hydroxyl groups excluding tert-OH is 1. The molecule has 1 aliphatic carbocycles. The van der Waals surface area contributed by atoms with Crippen LogP contribution in [0.5, 0.6) is 0 Å². The third-order valence-electron chi connectivity index (χ3n) is 3.12. The van der Waals surface area contributed by atoms with Crippen LogP contribution in [-0.4, -0.2) is 40.4 Å². The number of alkyl halides is 1. The summed E-state index contributed by atoms with van der Waals surface area (Å²) < 4.78 is 5.56. The predicted molar refractivity (Wildman–Crippen MR) is 65.4 cm³/mol. The van der Waals surface area contributed by atoms with Gasteiger partial charge in [-0.2, -0.15) is 0 Å². The molecule has 1 fully saturated rings. The molecule has 1 aromatic rings. The topological polar surface area (TPSA) is 62.4 Å². The second-order valence-electron chi connectivity index (χ2n) is 4.27. The number of hydrogen-bond acceptors (Lipinski definition) is 5. The number of rotatable bonds is 6. The first-order valence-corrected chi connectivity index (χ1v) is 6.64. The number of halogens is 1. The van der Waals surface area contributed by atoms with E-state index in [1.807, 2.05) is 4.90 Å². The zero-order chi connectivity index (χ0) is 12.1. The van der Waals surface area contributed by atoms with Crippen LogP contribution in [0.2, 0.25) is 0 Å². The van der Waals surface area contributed by atoms with Crippen LogP contribution < -0.4 is 4.90 Å². The van der Waals surface area contributed by atoms with Gasteiger partial charge in [0.2, 0.25) is 5.89 Å². The van der Waals surface area contributed by atoms with Gasteiger partial charge in [-0.15, -0.1) is 16.7 Å². The molecule has 17 heavy (non-hydrogen) atoms. The van der Waals surface area contributed by atoms with Crippen LogP contribution in [0.4, 0.5) is 6.01 Å². The Morgan fingerprint density at radius 2 is 2.12 bits per heavy atom. The minimum atomic E-state index is 0.101. The van der Waals surface area contributed by atoms with Crippen molar-refractivity contribution in [2.75, 3.05) is 23.9 Å². The maximum Gasteiger partial charge on any atom is 0.318 e. The molecule has 6 heteroatoms. The molecule has 0 saturated heterocycles. The van der Waals surface area contributed by atoms with Gasteiger partial charge in [0.1, 0.15) is 0 Å². The molecule has 1 N–H and O–H groups in total. The number of aliphatic hydroxyl groups is 1. The summed E-state index contributed by atoms with van der Waals surface area (Å²) in [6, 6.07) is 0.942. The zero-order valence-electron chi connectivity index (χ0n) is 9.81. The minimum Gasteiger partial charge on any atom is -0.408 e. The van der Waals surface area contributed by atoms with Crippen LogP contribution in [0, 0.1) is 0 Å². The Labute approximate surface area is 106 Å². The summed E-state index contributed by atoms with van der Waals surface area (Å²) in [7, 11) is 0. The Hall–Kier alpha value is -0.810. The lowest BCUT2D eigenvalue weighted by Crippen LogP contribution is -2.35. The lowest BCUT2D eigenvalue weighted by atomic mass is 10.2. The summed E-state index contributed by atoms with van der Waals surface area (Å²) in [6.07, 6.45) is 5.32. The smallest absolute Gasteiger partial charge is 0.318 e. The van der Waals surface area contributed by atoms with Crippen LogP contribution >= 0.6 is 11.6 Å². The summed E-state index contributed by atoms with van der Waals surface area (Å²) >= 11 is 5.63. The lowest BCUT2D eigenvalue weighted by molar-refractivity contribution is 0.292. The Morgan fingerprint density at radius 1 is 1.35 bits per heavy atom. The van der Waals surface area contributed by atoms with E-state index in [-0.39, 0.29) is 6.61 Å². The van der Waals surface area contributed by atoms with Gasteiger partial charge in [-0.1, -0.05) is 17.9 Å². The average molecular weight is 260 g/mol. The summed E-state index contributed by atoms with van der Waals surface area (Å²) in [5, 5.41) is 17.1. The highest BCUT2D eigenvalue weighted by molar-refractivity contribution is 6.17. The van der Waals surface area contributed by atoms with E-state index in [1.54, 1.807) is 0 Å². The van der Waals surface area contributed by atoms with Gasteiger partial charge in [0.05, 0.1) is 6.61 Å². The molecule has 1 aromatic heterocycles. The Bertz CT molecular complexity index is 339. The summed E-state index contributed by atoms with van der Waals surface area (Å²) in [4.78, 5) is 2.03. The zero-order valence-corrected chi connectivity index (χ0v) is 10.6. The number of hydrogen-bond donors (Lipinski definition) is 1. The van der Waals surface area contributed by atoms with Crippen molar-refractivity contribution in [3.05, 3.63) is 5.89 Å². The van der Waals surface area contributed by atoms with E-state index in [0.717, 1.165) is 12.8 Å². The highest BCUT2D eigenvalue weighted by atomic mass is 35.5. The maximum atomic E-state index is 9.12. The van der Waals surface area contributed by atoms with E-state index in [1.165, 1.54) is 12.8 Å². The van der Waals surface area contributed by atoms with Crippen molar-refractivity contribution >= 4 is 17.6 Å². The molecule has 0 aliphatic heterocycles. The lowest BCUT2D eigenvalue weighted by Gasteiger charge is -2.25. The fraction of sp³-hybridized carbons (Fsp3) is 0.818. The van der Waals surface area contributed by atoms with Gasteiger partial charge in [0, 0.05) is 24.9 Å². The summed E-state index contributed by atoms with van der Waals surface area (Å²) in [5.74, 6) is 1.04. The Morgan fingerprint density at radius 3 is 2.76 bits per heavy atom. The Kier molecular flexibility index (Phi) is 4.62. The molecule has 1 saturated carbocycles. The highest BCUT2D eigenvalue weighted by Gasteiger charge is 2.26. The minimum absolute atomic E-state index is 0.101. The molecular weight excluding hydrogens is 242 g/mol. The van der Waals surface area contributed by atoms with E-state index in [2.05, 4.69) is 10.2 Å². The van der Waals surface area contributed by atoms with E-state index in [4.69, 9.17) is 21.1 Å². The number of aryl methyl sites for hydroxylation is 1. The molecule has 0 unspecified atom stereocenters. The van der Waals surface area contributed by atoms with Gasteiger partial charge in [-0.25, -0.2) is 0 Å². The van der Waals surface area contributed by atoms with Gasteiger partial charge >= 0.3 is 6.01 Å². The highest BCUT2D eigenvalue weighted by Crippen LogP contribution is 2.27. The summed E-state index contributed by atoms with van der Waals surface area (Å²) in [5.41, 5.74) is 0. The fourth-order valence-electron chi connectivity index (χ4n) is 2.30. The van der Waals surface area contributed by atoms with E-state index in [0.29, 0.717) is 36.8 Å². The van der Waals surface area contributed by atoms with Crippen molar-refractivity contribution in [3.63, 3.8) is 0 Å². The quantitative estimate of drug-likeness (QED) is 0.786. The van der Waals surface area contributed by atoms with Gasteiger partial charge in [0.25, 0.3) is 0 Å². The van der Waals surface area contributed by atoms with Crippen LogP contribution in [0.3, 0.4) is 0 Å². The molecule has 0 radical (unpaired) electrons. The van der Waals surface area contributed by atoms with Gasteiger partial charge < -0.3 is 14.4 Å². The third kappa shape index (κ3) is 3.10. The first-order chi connectivity index (χ1) is 8.35. The molecule has 5 nitrogen and oxygen atoms in total. The fourth-order valence-corrected chi connectivity index (χ4v) is 2.46. The molecule has 0 aromatic carbocycles. The Balaban J connectivity index is 2.07. The van der Waals surface area contributed by atoms with Crippen molar-refractivity contribution in [1.29, 1.82) is 0 Å². The molecule has 0 atom stereocenters. The second-order valence-corrected chi connectivity index (χ2v) is 4.65. The van der Waals surface area contributed by atoms with E-state index < -0.39 is 0 Å². The van der Waals surface area contributed by atoms with Crippen molar-refractivity contribution < 1.29 is 9.52 Å². The van der Waals surface area contributed by atoms with Crippen molar-refractivity contribution in [3.8, 4) is 0 Å². The summed E-state index contributed by atoms with van der Waals surface area (Å²) in [6.45, 7) is 0.650. The van der Waals surface area contributed by atoms with E-state index in [9.17, 15) is 0 Å². The number of nitrogens with zero attached hydrogens (tertiary/aromatic N) is 3. The van der Waals surface area contributed by atoms with Crippen LogP contribution in [0.25, 0.3) is 0 Å². The second kappa shape index (κ2) is 6.21. The first kappa shape index (κ1) is 12.6. The molecule has 96 valence electrons. The molecule has 2 rings (SSSR count). The maximum absolute atomic E-state index is 9.12. The van der Waals surface area contributed by atoms with Crippen LogP contribution in [-0.2, 0) is 6.42 Å². The largest absolute Gasteiger partial charge is 0.408 e. The molecule has 1 heterocycles. The van der Waals surface area contributed by atoms with Crippen LogP contribution in [0.15, 0.2) is 4.42 Å². The van der Waals surface area contributed by atoms with Crippen molar-refractivity contribution in [2.24, 2.45) is 0 Å². The standard InChI is InChI=1S/C11H18ClN3O2/c12-6-5-10-13-14-11(17-10)15(7-8-16)9-3-1-2-4-9/h9,16H,1-8H2. The molecular formula is C11H18ClN3O2. The average Bonchev–Trinajstić information content (AvgIpc) is 2.97. The molecule has 0 bridgehead atoms. The van der Waals surface area contributed by atoms with Gasteiger partial charge in [-0.05, 0) is 12.8 Å². The number of aromatic nitrogens is 2. The molecule has 0 amide bonds. The monoisotopic (exact) mass is 259 g/mol. The van der Waals surface area contributed by atoms with Gasteiger partial charge in [-0.3, -0.25) is 0 Å². The SMILES string of the molecule is OCCN(c1nnc(CCCl)o1)C1CCCC1. The van der Waals surface area contributed by atoms with E-state index >= 15 is 0 Å². The normalized spacial score (nSPS) is 16.6. The molecule has 1 aliphatic rings. The van der Waals surface area contributed by atoms with Crippen molar-refractivity contribution in [1.82, 2.24) is 10.2 Å². The van der Waals surface area contributed by atoms with Gasteiger partial charge in [0.15, 0.2) is 0 Å². The third-order valence-corrected chi connectivity index (χ3v) is 3.31.